The lowest BCUT2D eigenvalue weighted by Gasteiger charge is -2.20. The Labute approximate surface area is 123 Å². The maximum atomic E-state index is 11.4. The van der Waals surface area contributed by atoms with Gasteiger partial charge >= 0.3 is 11.9 Å². The lowest BCUT2D eigenvalue weighted by molar-refractivity contribution is -0.208. The Kier molecular flexibility index (Phi) is 3.92. The van der Waals surface area contributed by atoms with Crippen molar-refractivity contribution < 1.29 is 23.8 Å². The predicted molar refractivity (Wildman–Crippen MR) is 72.9 cm³/mol. The summed E-state index contributed by atoms with van der Waals surface area (Å²) in [4.78, 5) is 22.6. The van der Waals surface area contributed by atoms with Gasteiger partial charge in [-0.2, -0.15) is 0 Å². The van der Waals surface area contributed by atoms with E-state index in [4.69, 9.17) is 14.2 Å². The van der Waals surface area contributed by atoms with Gasteiger partial charge in [-0.15, -0.1) is 0 Å². The first kappa shape index (κ1) is 14.1. The van der Waals surface area contributed by atoms with E-state index in [0.717, 1.165) is 12.8 Å². The van der Waals surface area contributed by atoms with E-state index in [1.54, 1.807) is 0 Å². The average Bonchev–Trinajstić information content (AvgIpc) is 2.93. The summed E-state index contributed by atoms with van der Waals surface area (Å²) in [7, 11) is 0. The van der Waals surface area contributed by atoms with Gasteiger partial charge in [0.25, 0.3) is 0 Å². The fourth-order valence-electron chi connectivity index (χ4n) is 3.08. The highest BCUT2D eigenvalue weighted by atomic mass is 16.8. The topological polar surface area (TPSA) is 61.8 Å². The van der Waals surface area contributed by atoms with E-state index in [0.29, 0.717) is 6.42 Å². The molecular formula is C16H18O5. The van der Waals surface area contributed by atoms with E-state index < -0.39 is 12.6 Å². The molecule has 2 heterocycles. The van der Waals surface area contributed by atoms with Gasteiger partial charge in [0.15, 0.2) is 0 Å². The molecular weight excluding hydrogens is 272 g/mol. The molecule has 1 aromatic rings. The van der Waals surface area contributed by atoms with Crippen molar-refractivity contribution >= 4 is 11.9 Å². The zero-order valence-corrected chi connectivity index (χ0v) is 11.9. The van der Waals surface area contributed by atoms with Crippen LogP contribution in [-0.4, -0.2) is 24.5 Å². The number of aryl methyl sites for hydroxylation is 1. The van der Waals surface area contributed by atoms with Crippen LogP contribution in [-0.2, 0) is 30.2 Å². The van der Waals surface area contributed by atoms with Crippen LogP contribution in [0.25, 0.3) is 0 Å². The number of rotatable bonds is 4. The quantitative estimate of drug-likeness (QED) is 0.794. The highest BCUT2D eigenvalue weighted by Gasteiger charge is 2.52. The first-order valence-corrected chi connectivity index (χ1v) is 7.19. The number of ether oxygens (including phenoxy) is 3. The molecule has 0 radical (unpaired) electrons. The summed E-state index contributed by atoms with van der Waals surface area (Å²) in [6, 6.07) is 10.1. The molecule has 2 fully saturated rings. The normalized spacial score (nSPS) is 30.8. The smallest absolute Gasteiger partial charge is 0.308 e. The summed E-state index contributed by atoms with van der Waals surface area (Å²) in [6.45, 7) is 1.36. The minimum absolute atomic E-state index is 0.00874. The molecule has 0 saturated carbocycles. The third kappa shape index (κ3) is 3.08. The summed E-state index contributed by atoms with van der Waals surface area (Å²) >= 11 is 0. The minimum Gasteiger partial charge on any atom is -0.435 e. The summed E-state index contributed by atoms with van der Waals surface area (Å²) < 4.78 is 15.9. The fraction of sp³-hybridized carbons (Fsp3) is 0.500. The Morgan fingerprint density at radius 1 is 1.33 bits per heavy atom. The van der Waals surface area contributed by atoms with Gasteiger partial charge < -0.3 is 14.2 Å². The second-order valence-electron chi connectivity index (χ2n) is 5.53. The molecule has 0 bridgehead atoms. The summed E-state index contributed by atoms with van der Waals surface area (Å²) in [5.74, 6) is -0.650. The third-order valence-electron chi connectivity index (χ3n) is 4.06. The number of esters is 2. The molecule has 112 valence electrons. The van der Waals surface area contributed by atoms with Crippen LogP contribution in [0.2, 0.25) is 0 Å². The lowest BCUT2D eigenvalue weighted by Crippen LogP contribution is -2.26. The largest absolute Gasteiger partial charge is 0.435 e. The van der Waals surface area contributed by atoms with Gasteiger partial charge in [0.05, 0.1) is 6.42 Å². The first-order chi connectivity index (χ1) is 10.1. The Hall–Kier alpha value is -1.88. The molecule has 4 atom stereocenters. The SMILES string of the molecule is CC(=O)OC1O[C@@H]2OC(=O)C[C@@H]2[C@@H]1CCc1ccccc1. The zero-order valence-electron chi connectivity index (χ0n) is 11.9. The van der Waals surface area contributed by atoms with E-state index in [2.05, 4.69) is 12.1 Å². The molecule has 2 aliphatic heterocycles. The fourth-order valence-corrected chi connectivity index (χ4v) is 3.08. The number of carbonyl (C=O) groups is 2. The van der Waals surface area contributed by atoms with Crippen LogP contribution in [0, 0.1) is 11.8 Å². The zero-order chi connectivity index (χ0) is 14.8. The van der Waals surface area contributed by atoms with Crippen molar-refractivity contribution in [1.29, 1.82) is 0 Å². The molecule has 5 nitrogen and oxygen atoms in total. The van der Waals surface area contributed by atoms with Gasteiger partial charge in [-0.3, -0.25) is 9.59 Å². The molecule has 0 spiro atoms. The van der Waals surface area contributed by atoms with Gasteiger partial charge in [-0.05, 0) is 18.4 Å². The Morgan fingerprint density at radius 3 is 2.81 bits per heavy atom. The highest BCUT2D eigenvalue weighted by Crippen LogP contribution is 2.42. The van der Waals surface area contributed by atoms with Gasteiger partial charge in [0.1, 0.15) is 0 Å². The van der Waals surface area contributed by atoms with E-state index in [-0.39, 0.29) is 23.8 Å². The van der Waals surface area contributed by atoms with Crippen LogP contribution >= 0.6 is 0 Å². The molecule has 0 aromatic heterocycles. The van der Waals surface area contributed by atoms with Crippen LogP contribution < -0.4 is 0 Å². The van der Waals surface area contributed by atoms with Gasteiger partial charge in [0.2, 0.25) is 12.6 Å². The van der Waals surface area contributed by atoms with Crippen molar-refractivity contribution in [3.63, 3.8) is 0 Å². The summed E-state index contributed by atoms with van der Waals surface area (Å²) in [5.41, 5.74) is 1.22. The summed E-state index contributed by atoms with van der Waals surface area (Å²) in [5, 5.41) is 0. The molecule has 0 aliphatic carbocycles. The second-order valence-corrected chi connectivity index (χ2v) is 5.53. The average molecular weight is 290 g/mol. The molecule has 0 amide bonds. The molecule has 1 unspecified atom stereocenters. The molecule has 1 aromatic carbocycles. The number of fused-ring (bicyclic) bond motifs is 1. The standard InChI is InChI=1S/C16H18O5/c1-10(17)19-15-12(8-7-11-5-3-2-4-6-11)13-9-14(18)20-16(13)21-15/h2-6,12-13,15-16H,7-9H2,1H3/t12-,13+,15?,16-/m0/s1. The van der Waals surface area contributed by atoms with Gasteiger partial charge in [-0.25, -0.2) is 0 Å². The molecule has 21 heavy (non-hydrogen) atoms. The highest BCUT2D eigenvalue weighted by molar-refractivity contribution is 5.72. The predicted octanol–water partition coefficient (Wildman–Crippen LogP) is 2.04. The first-order valence-electron chi connectivity index (χ1n) is 7.19. The maximum Gasteiger partial charge on any atom is 0.308 e. The number of hydrogen-bond acceptors (Lipinski definition) is 5. The Balaban J connectivity index is 1.68. The Morgan fingerprint density at radius 2 is 2.10 bits per heavy atom. The van der Waals surface area contributed by atoms with Crippen LogP contribution in [0.5, 0.6) is 0 Å². The van der Waals surface area contributed by atoms with Crippen LogP contribution in [0.15, 0.2) is 30.3 Å². The molecule has 5 heteroatoms. The van der Waals surface area contributed by atoms with Crippen molar-refractivity contribution in [2.75, 3.05) is 0 Å². The van der Waals surface area contributed by atoms with Gasteiger partial charge in [0, 0.05) is 18.8 Å². The third-order valence-corrected chi connectivity index (χ3v) is 4.06. The molecule has 2 aliphatic rings. The molecule has 3 rings (SSSR count). The van der Waals surface area contributed by atoms with Crippen LogP contribution in [0.1, 0.15) is 25.3 Å². The maximum absolute atomic E-state index is 11.4. The second kappa shape index (κ2) is 5.85. The monoisotopic (exact) mass is 290 g/mol. The number of carbonyl (C=O) groups excluding carboxylic acids is 2. The van der Waals surface area contributed by atoms with E-state index >= 15 is 0 Å². The number of hydrogen-bond donors (Lipinski definition) is 0. The van der Waals surface area contributed by atoms with Crippen molar-refractivity contribution in [1.82, 2.24) is 0 Å². The van der Waals surface area contributed by atoms with Crippen molar-refractivity contribution in [3.05, 3.63) is 35.9 Å². The Bertz CT molecular complexity index is 527. The minimum atomic E-state index is -0.616. The van der Waals surface area contributed by atoms with E-state index in [1.807, 2.05) is 18.2 Å². The molecule has 0 N–H and O–H groups in total. The van der Waals surface area contributed by atoms with Crippen molar-refractivity contribution in [2.45, 2.75) is 38.8 Å². The van der Waals surface area contributed by atoms with Crippen molar-refractivity contribution in [2.24, 2.45) is 11.8 Å². The lowest BCUT2D eigenvalue weighted by atomic mass is 9.87. The van der Waals surface area contributed by atoms with E-state index in [9.17, 15) is 9.59 Å². The summed E-state index contributed by atoms with van der Waals surface area (Å²) in [6.07, 6.45) is 0.794. The van der Waals surface area contributed by atoms with Crippen molar-refractivity contribution in [3.8, 4) is 0 Å². The molecule has 2 saturated heterocycles. The van der Waals surface area contributed by atoms with Crippen LogP contribution in [0.4, 0.5) is 0 Å². The van der Waals surface area contributed by atoms with Crippen LogP contribution in [0.3, 0.4) is 0 Å². The van der Waals surface area contributed by atoms with Gasteiger partial charge in [-0.1, -0.05) is 30.3 Å². The van der Waals surface area contributed by atoms with E-state index in [1.165, 1.54) is 12.5 Å². The number of benzene rings is 1.